The van der Waals surface area contributed by atoms with Gasteiger partial charge in [-0.15, -0.1) is 0 Å². The third-order valence-corrected chi connectivity index (χ3v) is 6.44. The molecule has 1 aliphatic carbocycles. The summed E-state index contributed by atoms with van der Waals surface area (Å²) in [5.41, 5.74) is 2.02. The van der Waals surface area contributed by atoms with Crippen molar-refractivity contribution in [3.05, 3.63) is 65.1 Å². The van der Waals surface area contributed by atoms with E-state index in [9.17, 15) is 14.7 Å². The van der Waals surface area contributed by atoms with Crippen molar-refractivity contribution in [2.75, 3.05) is 4.90 Å². The van der Waals surface area contributed by atoms with Crippen molar-refractivity contribution < 1.29 is 19.4 Å². The van der Waals surface area contributed by atoms with Gasteiger partial charge in [0.2, 0.25) is 0 Å². The molecule has 4 atom stereocenters. The van der Waals surface area contributed by atoms with Crippen LogP contribution < -0.4 is 4.90 Å². The van der Waals surface area contributed by atoms with Crippen molar-refractivity contribution in [1.82, 2.24) is 4.98 Å². The van der Waals surface area contributed by atoms with Crippen molar-refractivity contribution in [2.24, 2.45) is 11.8 Å². The van der Waals surface area contributed by atoms with Crippen LogP contribution in [0.25, 0.3) is 0 Å². The van der Waals surface area contributed by atoms with Gasteiger partial charge in [-0.05, 0) is 67.5 Å². The lowest BCUT2D eigenvalue weighted by molar-refractivity contribution is -0.132. The first-order valence-corrected chi connectivity index (χ1v) is 10.4. The van der Waals surface area contributed by atoms with Gasteiger partial charge in [0, 0.05) is 6.20 Å². The van der Waals surface area contributed by atoms with Crippen LogP contribution in [0.1, 0.15) is 43.4 Å². The van der Waals surface area contributed by atoms with Crippen LogP contribution in [0, 0.1) is 18.8 Å². The van der Waals surface area contributed by atoms with E-state index in [1.54, 1.807) is 24.4 Å². The van der Waals surface area contributed by atoms with E-state index < -0.39 is 6.04 Å². The second-order valence-electron chi connectivity index (χ2n) is 8.65. The molecular formula is C24H24N2O4. The van der Waals surface area contributed by atoms with E-state index >= 15 is 0 Å². The van der Waals surface area contributed by atoms with Crippen LogP contribution in [0.15, 0.2) is 53.9 Å². The third-order valence-electron chi connectivity index (χ3n) is 6.44. The van der Waals surface area contributed by atoms with Gasteiger partial charge in [-0.25, -0.2) is 4.98 Å². The molecule has 1 N–H and O–H groups in total. The molecule has 1 saturated carbocycles. The van der Waals surface area contributed by atoms with Gasteiger partial charge in [-0.2, -0.15) is 0 Å². The molecule has 154 valence electrons. The summed E-state index contributed by atoms with van der Waals surface area (Å²) in [6, 6.07) is 9.72. The minimum atomic E-state index is -0.667. The maximum atomic E-state index is 13.6. The Balaban J connectivity index is 1.66. The Bertz CT molecular complexity index is 1080. The van der Waals surface area contributed by atoms with E-state index in [4.69, 9.17) is 4.74 Å². The minimum Gasteiger partial charge on any atom is -0.508 e. The molecule has 6 nitrogen and oxygen atoms in total. The van der Waals surface area contributed by atoms with E-state index in [1.165, 1.54) is 4.90 Å². The van der Waals surface area contributed by atoms with Gasteiger partial charge in [-0.1, -0.05) is 19.1 Å². The van der Waals surface area contributed by atoms with E-state index in [0.717, 1.165) is 24.8 Å². The van der Waals surface area contributed by atoms with Crippen molar-refractivity contribution >= 4 is 17.5 Å². The van der Waals surface area contributed by atoms with E-state index in [1.807, 2.05) is 25.1 Å². The number of anilines is 1. The lowest BCUT2D eigenvalue weighted by atomic mass is 9.74. The number of hydrogen-bond donors (Lipinski definition) is 1. The zero-order chi connectivity index (χ0) is 21.0. The number of phenolic OH excluding ortho intramolecular Hbond substituents is 1. The Morgan fingerprint density at radius 2 is 2.00 bits per heavy atom. The quantitative estimate of drug-likeness (QED) is 0.823. The molecule has 1 amide bonds. The zero-order valence-corrected chi connectivity index (χ0v) is 17.0. The van der Waals surface area contributed by atoms with Crippen LogP contribution in [0.5, 0.6) is 5.75 Å². The van der Waals surface area contributed by atoms with E-state index in [2.05, 4.69) is 11.9 Å². The monoisotopic (exact) mass is 404 g/mol. The Labute approximate surface area is 175 Å². The molecule has 0 saturated heterocycles. The number of pyridine rings is 1. The van der Waals surface area contributed by atoms with Crippen LogP contribution in [0.2, 0.25) is 0 Å². The number of benzene rings is 1. The maximum Gasteiger partial charge on any atom is 0.295 e. The SMILES string of the molecule is Cc1ccnc(N2C(=O)C3=C(C(=O)C4CC(C)CCC4O3)C2c2cccc(O)c2)c1. The number of carbonyl (C=O) groups is 2. The highest BCUT2D eigenvalue weighted by molar-refractivity contribution is 6.17. The van der Waals surface area contributed by atoms with Gasteiger partial charge in [0.05, 0.1) is 17.5 Å². The van der Waals surface area contributed by atoms with Crippen LogP contribution in [-0.4, -0.2) is 27.9 Å². The molecule has 3 heterocycles. The fourth-order valence-electron chi connectivity index (χ4n) is 4.98. The molecule has 1 aromatic carbocycles. The highest BCUT2D eigenvalue weighted by Crippen LogP contribution is 2.48. The van der Waals surface area contributed by atoms with Crippen molar-refractivity contribution in [3.8, 4) is 5.75 Å². The molecule has 0 bridgehead atoms. The van der Waals surface area contributed by atoms with Gasteiger partial charge in [0.1, 0.15) is 17.7 Å². The number of amides is 1. The maximum absolute atomic E-state index is 13.6. The summed E-state index contributed by atoms with van der Waals surface area (Å²) in [5, 5.41) is 10.1. The molecule has 0 spiro atoms. The number of aryl methyl sites for hydroxylation is 1. The van der Waals surface area contributed by atoms with Gasteiger partial charge in [0.15, 0.2) is 11.5 Å². The van der Waals surface area contributed by atoms with Crippen molar-refractivity contribution in [3.63, 3.8) is 0 Å². The summed E-state index contributed by atoms with van der Waals surface area (Å²) in [7, 11) is 0. The normalized spacial score (nSPS) is 28.3. The van der Waals surface area contributed by atoms with Crippen molar-refractivity contribution in [2.45, 2.75) is 45.3 Å². The molecule has 0 radical (unpaired) electrons. The van der Waals surface area contributed by atoms with Crippen LogP contribution in [0.4, 0.5) is 5.82 Å². The number of ketones is 1. The van der Waals surface area contributed by atoms with Crippen LogP contribution in [0.3, 0.4) is 0 Å². The van der Waals surface area contributed by atoms with E-state index in [-0.39, 0.29) is 35.2 Å². The summed E-state index contributed by atoms with van der Waals surface area (Å²) in [6.45, 7) is 4.09. The molecular weight excluding hydrogens is 380 g/mol. The van der Waals surface area contributed by atoms with Crippen molar-refractivity contribution in [1.29, 1.82) is 0 Å². The molecule has 3 aliphatic rings. The number of fused-ring (bicyclic) bond motifs is 1. The first-order chi connectivity index (χ1) is 14.4. The number of phenols is 1. The second kappa shape index (κ2) is 6.97. The third kappa shape index (κ3) is 2.90. The Hall–Kier alpha value is -3.15. The molecule has 6 heteroatoms. The molecule has 4 unspecified atom stereocenters. The Kier molecular flexibility index (Phi) is 4.38. The molecule has 30 heavy (non-hydrogen) atoms. The number of aromatic nitrogens is 1. The zero-order valence-electron chi connectivity index (χ0n) is 17.0. The summed E-state index contributed by atoms with van der Waals surface area (Å²) in [4.78, 5) is 33.1. The fourth-order valence-corrected chi connectivity index (χ4v) is 4.98. The largest absolute Gasteiger partial charge is 0.508 e. The summed E-state index contributed by atoms with van der Waals surface area (Å²) in [6.07, 6.45) is 3.94. The highest BCUT2D eigenvalue weighted by Gasteiger charge is 2.53. The number of ether oxygens (including phenoxy) is 1. The number of hydrogen-bond acceptors (Lipinski definition) is 5. The minimum absolute atomic E-state index is 0.00959. The van der Waals surface area contributed by atoms with Gasteiger partial charge >= 0.3 is 0 Å². The fraction of sp³-hybridized carbons (Fsp3) is 0.375. The second-order valence-corrected chi connectivity index (χ2v) is 8.65. The first kappa shape index (κ1) is 18.9. The molecule has 5 rings (SSSR count). The lowest BCUT2D eigenvalue weighted by Gasteiger charge is -2.37. The standard InChI is InChI=1S/C24H24N2O4/c1-13-6-7-18-17(10-13)22(28)20-21(15-4-3-5-16(27)12-15)26(24(29)23(20)30-18)19-11-14(2)8-9-25-19/h3-5,8-9,11-13,17-18,21,27H,6-7,10H2,1-2H3. The summed E-state index contributed by atoms with van der Waals surface area (Å²) < 4.78 is 6.19. The topological polar surface area (TPSA) is 79.7 Å². The lowest BCUT2D eigenvalue weighted by Crippen LogP contribution is -2.41. The Morgan fingerprint density at radius 3 is 2.77 bits per heavy atom. The number of aromatic hydroxyl groups is 1. The predicted molar refractivity (Wildman–Crippen MR) is 111 cm³/mol. The van der Waals surface area contributed by atoms with Gasteiger partial charge in [0.25, 0.3) is 5.91 Å². The van der Waals surface area contributed by atoms with Crippen LogP contribution in [-0.2, 0) is 14.3 Å². The number of rotatable bonds is 2. The number of nitrogens with zero attached hydrogens (tertiary/aromatic N) is 2. The summed E-state index contributed by atoms with van der Waals surface area (Å²) >= 11 is 0. The average Bonchev–Trinajstić information content (AvgIpc) is 3.01. The van der Waals surface area contributed by atoms with Gasteiger partial charge < -0.3 is 9.84 Å². The molecule has 2 aliphatic heterocycles. The van der Waals surface area contributed by atoms with E-state index in [0.29, 0.717) is 22.9 Å². The average molecular weight is 404 g/mol. The summed E-state index contributed by atoms with van der Waals surface area (Å²) in [5.74, 6) is 0.561. The Morgan fingerprint density at radius 1 is 1.17 bits per heavy atom. The first-order valence-electron chi connectivity index (χ1n) is 10.4. The smallest absolute Gasteiger partial charge is 0.295 e. The van der Waals surface area contributed by atoms with Crippen LogP contribution >= 0.6 is 0 Å². The predicted octanol–water partition coefficient (Wildman–Crippen LogP) is 3.84. The highest BCUT2D eigenvalue weighted by atomic mass is 16.5. The van der Waals surface area contributed by atoms with Gasteiger partial charge in [-0.3, -0.25) is 14.5 Å². The molecule has 1 fully saturated rings. The number of Topliss-reactive ketones (excluding diaryl/α,β-unsaturated/α-hetero) is 1. The number of carbonyl (C=O) groups excluding carboxylic acids is 2. The molecule has 2 aromatic rings. The molecule has 1 aromatic heterocycles.